The van der Waals surface area contributed by atoms with E-state index in [0.29, 0.717) is 6.42 Å². The summed E-state index contributed by atoms with van der Waals surface area (Å²) in [5, 5.41) is 8.44. The van der Waals surface area contributed by atoms with Gasteiger partial charge in [-0.2, -0.15) is 8.42 Å². The molecule has 5 nitrogen and oxygen atoms in total. The van der Waals surface area contributed by atoms with E-state index in [2.05, 4.69) is 4.74 Å². The first kappa shape index (κ1) is 16.1. The Labute approximate surface area is 102 Å². The van der Waals surface area contributed by atoms with Gasteiger partial charge in [0.25, 0.3) is 10.1 Å². The first-order chi connectivity index (χ1) is 7.81. The fourth-order valence-electron chi connectivity index (χ4n) is 0.877. The van der Waals surface area contributed by atoms with Crippen LogP contribution in [0.1, 0.15) is 18.9 Å². The van der Waals surface area contributed by atoms with Crippen molar-refractivity contribution in [2.24, 2.45) is 0 Å². The molecule has 1 atom stereocenters. The molecular weight excluding hydrogens is 244 g/mol. The minimum absolute atomic E-state index is 0.0666. The van der Waals surface area contributed by atoms with Crippen LogP contribution < -0.4 is 0 Å². The molecule has 0 fully saturated rings. The van der Waals surface area contributed by atoms with Gasteiger partial charge >= 0.3 is 0 Å². The first-order valence-corrected chi connectivity index (χ1v) is 6.50. The van der Waals surface area contributed by atoms with Crippen molar-refractivity contribution in [3.63, 3.8) is 0 Å². The summed E-state index contributed by atoms with van der Waals surface area (Å²) >= 11 is 0. The number of aliphatic hydroxyl groups excluding tert-OH is 1. The minimum atomic E-state index is -4.02. The Morgan fingerprint density at radius 3 is 2.00 bits per heavy atom. The Hall–Kier alpha value is -0.950. The number of rotatable bonds is 3. The highest BCUT2D eigenvalue weighted by Crippen LogP contribution is 2.08. The third kappa shape index (κ3) is 7.06. The number of aliphatic hydroxyl groups is 1. The molecule has 17 heavy (non-hydrogen) atoms. The molecule has 0 saturated carbocycles. The Balaban J connectivity index is 0.000000366. The van der Waals surface area contributed by atoms with Crippen molar-refractivity contribution in [1.29, 1.82) is 0 Å². The van der Waals surface area contributed by atoms with E-state index in [1.54, 1.807) is 12.1 Å². The lowest BCUT2D eigenvalue weighted by Crippen LogP contribution is -2.05. The van der Waals surface area contributed by atoms with E-state index in [9.17, 15) is 8.42 Å². The molecule has 0 aromatic heterocycles. The summed E-state index contributed by atoms with van der Waals surface area (Å²) in [4.78, 5) is -0.0666. The zero-order chi connectivity index (χ0) is 13.5. The van der Waals surface area contributed by atoms with Crippen LogP contribution in [0, 0.1) is 6.92 Å². The van der Waals surface area contributed by atoms with Crippen LogP contribution in [0.5, 0.6) is 0 Å². The van der Waals surface area contributed by atoms with Gasteiger partial charge in [-0.3, -0.25) is 4.55 Å². The molecule has 0 aliphatic heterocycles. The average Bonchev–Trinajstić information content (AvgIpc) is 2.28. The van der Waals surface area contributed by atoms with Gasteiger partial charge in [-0.15, -0.1) is 0 Å². The van der Waals surface area contributed by atoms with Gasteiger partial charge in [-0.25, -0.2) is 0 Å². The van der Waals surface area contributed by atoms with Crippen molar-refractivity contribution in [3.8, 4) is 0 Å². The topological polar surface area (TPSA) is 83.8 Å². The zero-order valence-electron chi connectivity index (χ0n) is 10.1. The Kier molecular flexibility index (Phi) is 6.98. The molecule has 0 aliphatic carbocycles. The standard InChI is InChI=1S/C7H8O3S.C4H10O2/c1-6-2-4-7(5-3-6)11(8,9)10;1-3-4(5)6-2/h2-5H,1H3,(H,8,9,10);4-5H,3H2,1-2H3. The second-order valence-electron chi connectivity index (χ2n) is 3.39. The number of hydrogen-bond donors (Lipinski definition) is 2. The number of ether oxygens (including phenoxy) is 1. The predicted molar refractivity (Wildman–Crippen MR) is 64.3 cm³/mol. The monoisotopic (exact) mass is 262 g/mol. The van der Waals surface area contributed by atoms with Crippen LogP contribution in [-0.4, -0.2) is 31.5 Å². The molecular formula is C11H18O5S. The number of hydrogen-bond acceptors (Lipinski definition) is 4. The van der Waals surface area contributed by atoms with Crippen LogP contribution in [0.4, 0.5) is 0 Å². The van der Waals surface area contributed by atoms with Gasteiger partial charge in [0.05, 0.1) is 4.90 Å². The van der Waals surface area contributed by atoms with E-state index in [4.69, 9.17) is 9.66 Å². The molecule has 0 spiro atoms. The van der Waals surface area contributed by atoms with Crippen LogP contribution in [-0.2, 0) is 14.9 Å². The highest BCUT2D eigenvalue weighted by atomic mass is 32.2. The summed E-state index contributed by atoms with van der Waals surface area (Å²) < 4.78 is 34.0. The lowest BCUT2D eigenvalue weighted by Gasteiger charge is -2.00. The van der Waals surface area contributed by atoms with E-state index in [0.717, 1.165) is 5.56 Å². The first-order valence-electron chi connectivity index (χ1n) is 5.06. The Morgan fingerprint density at radius 2 is 1.76 bits per heavy atom. The fourth-order valence-corrected chi connectivity index (χ4v) is 1.36. The highest BCUT2D eigenvalue weighted by molar-refractivity contribution is 7.85. The van der Waals surface area contributed by atoms with Gasteiger partial charge in [-0.1, -0.05) is 24.6 Å². The van der Waals surface area contributed by atoms with Crippen LogP contribution in [0.3, 0.4) is 0 Å². The van der Waals surface area contributed by atoms with Gasteiger partial charge in [0.2, 0.25) is 0 Å². The van der Waals surface area contributed by atoms with Crippen LogP contribution in [0.2, 0.25) is 0 Å². The van der Waals surface area contributed by atoms with E-state index < -0.39 is 16.4 Å². The lowest BCUT2D eigenvalue weighted by atomic mass is 10.2. The summed E-state index contributed by atoms with van der Waals surface area (Å²) in [6.45, 7) is 3.70. The molecule has 98 valence electrons. The van der Waals surface area contributed by atoms with Crippen molar-refractivity contribution in [2.45, 2.75) is 31.5 Å². The van der Waals surface area contributed by atoms with E-state index >= 15 is 0 Å². The summed E-state index contributed by atoms with van der Waals surface area (Å²) in [5.41, 5.74) is 0.956. The average molecular weight is 262 g/mol. The zero-order valence-corrected chi connectivity index (χ0v) is 10.9. The molecule has 1 aromatic carbocycles. The molecule has 2 N–H and O–H groups in total. The molecule has 0 aliphatic rings. The van der Waals surface area contributed by atoms with Crippen molar-refractivity contribution < 1.29 is 22.8 Å². The van der Waals surface area contributed by atoms with Crippen LogP contribution >= 0.6 is 0 Å². The van der Waals surface area contributed by atoms with Gasteiger partial charge in [-0.05, 0) is 25.5 Å². The van der Waals surface area contributed by atoms with Gasteiger partial charge in [0, 0.05) is 7.11 Å². The summed E-state index contributed by atoms with van der Waals surface area (Å²) in [6.07, 6.45) is 0.0984. The number of methoxy groups -OCH3 is 1. The van der Waals surface area contributed by atoms with Crippen LogP contribution in [0.25, 0.3) is 0 Å². The summed E-state index contributed by atoms with van der Waals surface area (Å²) in [7, 11) is -2.54. The second kappa shape index (κ2) is 7.39. The molecule has 0 bridgehead atoms. The molecule has 1 rings (SSSR count). The Morgan fingerprint density at radius 1 is 1.29 bits per heavy atom. The minimum Gasteiger partial charge on any atom is -0.368 e. The van der Waals surface area contributed by atoms with Gasteiger partial charge in [0.1, 0.15) is 0 Å². The quantitative estimate of drug-likeness (QED) is 0.638. The third-order valence-corrected chi connectivity index (χ3v) is 2.81. The van der Waals surface area contributed by atoms with Crippen molar-refractivity contribution in [2.75, 3.05) is 7.11 Å². The molecule has 0 radical (unpaired) electrons. The summed E-state index contributed by atoms with van der Waals surface area (Å²) in [5.74, 6) is 0. The molecule has 1 aromatic rings. The molecule has 1 unspecified atom stereocenters. The van der Waals surface area contributed by atoms with E-state index in [1.165, 1.54) is 19.2 Å². The molecule has 0 amide bonds. The highest BCUT2D eigenvalue weighted by Gasteiger charge is 2.06. The number of aryl methyl sites for hydroxylation is 1. The van der Waals surface area contributed by atoms with Gasteiger partial charge in [0.15, 0.2) is 6.29 Å². The maximum Gasteiger partial charge on any atom is 0.294 e. The van der Waals surface area contributed by atoms with Crippen LogP contribution in [0.15, 0.2) is 29.2 Å². The van der Waals surface area contributed by atoms with E-state index in [-0.39, 0.29) is 4.90 Å². The fraction of sp³-hybridized carbons (Fsp3) is 0.455. The van der Waals surface area contributed by atoms with Crippen molar-refractivity contribution in [1.82, 2.24) is 0 Å². The smallest absolute Gasteiger partial charge is 0.294 e. The molecule has 6 heteroatoms. The lowest BCUT2D eigenvalue weighted by molar-refractivity contribution is -0.0748. The largest absolute Gasteiger partial charge is 0.368 e. The number of benzene rings is 1. The normalized spacial score (nSPS) is 12.5. The maximum absolute atomic E-state index is 10.5. The van der Waals surface area contributed by atoms with Crippen molar-refractivity contribution in [3.05, 3.63) is 29.8 Å². The molecule has 0 saturated heterocycles. The maximum atomic E-state index is 10.5. The molecule has 0 heterocycles. The summed E-state index contributed by atoms with van der Waals surface area (Å²) in [6, 6.07) is 5.99. The van der Waals surface area contributed by atoms with Crippen molar-refractivity contribution >= 4 is 10.1 Å². The van der Waals surface area contributed by atoms with Gasteiger partial charge < -0.3 is 9.84 Å². The Bertz CT molecular complexity index is 406. The SMILES string of the molecule is CCC(O)OC.Cc1ccc(S(=O)(=O)O)cc1. The van der Waals surface area contributed by atoms with E-state index in [1.807, 2.05) is 13.8 Å². The second-order valence-corrected chi connectivity index (χ2v) is 4.81. The predicted octanol–water partition coefficient (Wildman–Crippen LogP) is 1.60. The third-order valence-electron chi connectivity index (χ3n) is 1.94.